The van der Waals surface area contributed by atoms with Gasteiger partial charge in [0, 0.05) is 0 Å². The van der Waals surface area contributed by atoms with Gasteiger partial charge in [0.1, 0.15) is 6.10 Å². The SMILES string of the molecule is CCCCCCCCOC(=O)c1ccccc1C(=O)OC1CCCCC1CC. The lowest BCUT2D eigenvalue weighted by Crippen LogP contribution is -2.30. The first kappa shape index (κ1) is 22.4. The van der Waals surface area contributed by atoms with Gasteiger partial charge < -0.3 is 9.47 Å². The Kier molecular flexibility index (Phi) is 10.1. The fourth-order valence-corrected chi connectivity index (χ4v) is 3.96. The fourth-order valence-electron chi connectivity index (χ4n) is 3.96. The van der Waals surface area contributed by atoms with Gasteiger partial charge >= 0.3 is 11.9 Å². The van der Waals surface area contributed by atoms with Crippen LogP contribution in [-0.2, 0) is 9.47 Å². The molecule has 4 heteroatoms. The van der Waals surface area contributed by atoms with Crippen molar-refractivity contribution in [2.45, 2.75) is 90.6 Å². The Morgan fingerprint density at radius 3 is 2.25 bits per heavy atom. The highest BCUT2D eigenvalue weighted by molar-refractivity contribution is 6.03. The predicted molar refractivity (Wildman–Crippen MR) is 112 cm³/mol. The van der Waals surface area contributed by atoms with Crippen LogP contribution in [0.25, 0.3) is 0 Å². The summed E-state index contributed by atoms with van der Waals surface area (Å²) in [5.41, 5.74) is 0.623. The Hall–Kier alpha value is -1.84. The molecule has 0 saturated heterocycles. The molecule has 0 amide bonds. The number of carbonyl (C=O) groups excluding carboxylic acids is 2. The summed E-state index contributed by atoms with van der Waals surface area (Å²) in [5.74, 6) is -0.418. The largest absolute Gasteiger partial charge is 0.462 e. The van der Waals surface area contributed by atoms with Crippen molar-refractivity contribution in [3.63, 3.8) is 0 Å². The molecule has 1 aromatic carbocycles. The van der Waals surface area contributed by atoms with E-state index in [1.807, 2.05) is 0 Å². The Bertz CT molecular complexity index is 610. The molecule has 1 saturated carbocycles. The second-order valence-corrected chi connectivity index (χ2v) is 7.85. The maximum absolute atomic E-state index is 12.7. The summed E-state index contributed by atoms with van der Waals surface area (Å²) in [4.78, 5) is 25.2. The van der Waals surface area contributed by atoms with Crippen LogP contribution in [0.5, 0.6) is 0 Å². The summed E-state index contributed by atoms with van der Waals surface area (Å²) < 4.78 is 11.2. The minimum atomic E-state index is -0.434. The monoisotopic (exact) mass is 388 g/mol. The van der Waals surface area contributed by atoms with Crippen molar-refractivity contribution in [2.75, 3.05) is 6.61 Å². The molecule has 0 aliphatic heterocycles. The summed E-state index contributed by atoms with van der Waals surface area (Å²) in [7, 11) is 0. The van der Waals surface area contributed by atoms with Crippen molar-refractivity contribution >= 4 is 11.9 Å². The summed E-state index contributed by atoms with van der Waals surface area (Å²) >= 11 is 0. The molecule has 0 N–H and O–H groups in total. The Morgan fingerprint density at radius 1 is 0.893 bits per heavy atom. The van der Waals surface area contributed by atoms with Crippen LogP contribution >= 0.6 is 0 Å². The topological polar surface area (TPSA) is 52.6 Å². The highest BCUT2D eigenvalue weighted by Crippen LogP contribution is 2.30. The van der Waals surface area contributed by atoms with E-state index in [1.165, 1.54) is 32.1 Å². The molecule has 0 spiro atoms. The third kappa shape index (κ3) is 6.96. The van der Waals surface area contributed by atoms with Gasteiger partial charge in [-0.2, -0.15) is 0 Å². The molecular formula is C24H36O4. The minimum absolute atomic E-state index is 0.0431. The van der Waals surface area contributed by atoms with Crippen LogP contribution in [0.2, 0.25) is 0 Å². The van der Waals surface area contributed by atoms with E-state index in [0.29, 0.717) is 23.7 Å². The molecule has 0 heterocycles. The maximum atomic E-state index is 12.7. The van der Waals surface area contributed by atoms with E-state index in [2.05, 4.69) is 13.8 Å². The minimum Gasteiger partial charge on any atom is -0.462 e. The van der Waals surface area contributed by atoms with Gasteiger partial charge in [-0.15, -0.1) is 0 Å². The smallest absolute Gasteiger partial charge is 0.339 e. The average Bonchev–Trinajstić information content (AvgIpc) is 2.73. The lowest BCUT2D eigenvalue weighted by molar-refractivity contribution is 0.000313. The highest BCUT2D eigenvalue weighted by atomic mass is 16.5. The van der Waals surface area contributed by atoms with Gasteiger partial charge in [-0.1, -0.05) is 64.5 Å². The number of hydrogen-bond donors (Lipinski definition) is 0. The first-order chi connectivity index (χ1) is 13.7. The van der Waals surface area contributed by atoms with Crippen molar-refractivity contribution in [1.82, 2.24) is 0 Å². The zero-order valence-electron chi connectivity index (χ0n) is 17.6. The predicted octanol–water partition coefficient (Wildman–Crippen LogP) is 6.33. The third-order valence-corrected chi connectivity index (χ3v) is 5.72. The number of rotatable bonds is 11. The van der Waals surface area contributed by atoms with Crippen molar-refractivity contribution in [1.29, 1.82) is 0 Å². The van der Waals surface area contributed by atoms with Crippen LogP contribution in [0.3, 0.4) is 0 Å². The second-order valence-electron chi connectivity index (χ2n) is 7.85. The molecular weight excluding hydrogens is 352 g/mol. The van der Waals surface area contributed by atoms with Gasteiger partial charge in [0.05, 0.1) is 17.7 Å². The normalized spacial score (nSPS) is 19.2. The number of ether oxygens (including phenoxy) is 2. The summed E-state index contributed by atoms with van der Waals surface area (Å²) in [6.07, 6.45) is 12.1. The zero-order chi connectivity index (χ0) is 20.2. The number of hydrogen-bond acceptors (Lipinski definition) is 4. The van der Waals surface area contributed by atoms with Crippen LogP contribution in [0, 0.1) is 5.92 Å². The maximum Gasteiger partial charge on any atom is 0.339 e. The molecule has 2 atom stereocenters. The fraction of sp³-hybridized carbons (Fsp3) is 0.667. The summed E-state index contributed by atoms with van der Waals surface area (Å²) in [6, 6.07) is 6.83. The number of benzene rings is 1. The Morgan fingerprint density at radius 2 is 1.54 bits per heavy atom. The van der Waals surface area contributed by atoms with Gasteiger partial charge in [-0.05, 0) is 50.2 Å². The first-order valence-electron chi connectivity index (χ1n) is 11.1. The number of unbranched alkanes of at least 4 members (excludes halogenated alkanes) is 5. The van der Waals surface area contributed by atoms with Crippen LogP contribution < -0.4 is 0 Å². The lowest BCUT2D eigenvalue weighted by atomic mass is 9.85. The molecule has 0 bridgehead atoms. The first-order valence-corrected chi connectivity index (χ1v) is 11.1. The number of esters is 2. The molecule has 28 heavy (non-hydrogen) atoms. The van der Waals surface area contributed by atoms with E-state index in [1.54, 1.807) is 24.3 Å². The molecule has 1 aliphatic rings. The van der Waals surface area contributed by atoms with Crippen LogP contribution in [0.15, 0.2) is 24.3 Å². The average molecular weight is 389 g/mol. The van der Waals surface area contributed by atoms with E-state index < -0.39 is 11.9 Å². The van der Waals surface area contributed by atoms with Crippen molar-refractivity contribution < 1.29 is 19.1 Å². The van der Waals surface area contributed by atoms with Crippen molar-refractivity contribution in [3.05, 3.63) is 35.4 Å². The molecule has 2 rings (SSSR count). The third-order valence-electron chi connectivity index (χ3n) is 5.72. The van der Waals surface area contributed by atoms with Gasteiger partial charge in [0.2, 0.25) is 0 Å². The van der Waals surface area contributed by atoms with E-state index in [9.17, 15) is 9.59 Å². The standard InChI is InChI=1S/C24H36O4/c1-3-5-6-7-8-13-18-27-23(25)20-15-10-11-16-21(20)24(26)28-22-17-12-9-14-19(22)4-2/h10-11,15-16,19,22H,3-9,12-14,17-18H2,1-2H3. The molecule has 0 aromatic heterocycles. The van der Waals surface area contributed by atoms with Gasteiger partial charge in [0.25, 0.3) is 0 Å². The van der Waals surface area contributed by atoms with Gasteiger partial charge in [0.15, 0.2) is 0 Å². The highest BCUT2D eigenvalue weighted by Gasteiger charge is 2.28. The van der Waals surface area contributed by atoms with Gasteiger partial charge in [-0.3, -0.25) is 0 Å². The van der Waals surface area contributed by atoms with E-state index in [0.717, 1.165) is 38.5 Å². The summed E-state index contributed by atoms with van der Waals surface area (Å²) in [6.45, 7) is 4.74. The van der Waals surface area contributed by atoms with E-state index in [-0.39, 0.29) is 6.10 Å². The molecule has 4 nitrogen and oxygen atoms in total. The lowest BCUT2D eigenvalue weighted by Gasteiger charge is -2.30. The molecule has 1 fully saturated rings. The molecule has 0 radical (unpaired) electrons. The van der Waals surface area contributed by atoms with E-state index in [4.69, 9.17) is 9.47 Å². The number of carbonyl (C=O) groups is 2. The molecule has 1 aromatic rings. The molecule has 1 aliphatic carbocycles. The van der Waals surface area contributed by atoms with Crippen molar-refractivity contribution in [2.24, 2.45) is 5.92 Å². The van der Waals surface area contributed by atoms with E-state index >= 15 is 0 Å². The van der Waals surface area contributed by atoms with Crippen molar-refractivity contribution in [3.8, 4) is 0 Å². The Balaban J connectivity index is 1.88. The molecule has 2 unspecified atom stereocenters. The van der Waals surface area contributed by atoms with Gasteiger partial charge in [-0.25, -0.2) is 9.59 Å². The Labute approximate surface area is 170 Å². The molecule has 156 valence electrons. The second kappa shape index (κ2) is 12.6. The zero-order valence-corrected chi connectivity index (χ0v) is 17.6. The quantitative estimate of drug-likeness (QED) is 0.328. The van der Waals surface area contributed by atoms with Crippen LogP contribution in [0.1, 0.15) is 105 Å². The van der Waals surface area contributed by atoms with Crippen LogP contribution in [-0.4, -0.2) is 24.6 Å². The summed E-state index contributed by atoms with van der Waals surface area (Å²) in [5, 5.41) is 0. The van der Waals surface area contributed by atoms with Crippen LogP contribution in [0.4, 0.5) is 0 Å².